The zero-order chi connectivity index (χ0) is 12.3. The van der Waals surface area contributed by atoms with E-state index >= 15 is 0 Å². The minimum atomic E-state index is -0.728. The minimum absolute atomic E-state index is 0.211. The van der Waals surface area contributed by atoms with Crippen LogP contribution < -0.4 is 4.90 Å². The zero-order valence-electron chi connectivity index (χ0n) is 10.3. The van der Waals surface area contributed by atoms with Gasteiger partial charge < -0.3 is 10.0 Å². The summed E-state index contributed by atoms with van der Waals surface area (Å²) in [6.07, 6.45) is 3.36. The molecule has 1 aliphatic rings. The molecule has 1 heterocycles. The van der Waals surface area contributed by atoms with Crippen molar-refractivity contribution in [1.82, 2.24) is 0 Å². The van der Waals surface area contributed by atoms with Crippen molar-refractivity contribution in [1.29, 1.82) is 0 Å². The molecular formula is C14H19NO2. The number of hydrogen-bond donors (Lipinski definition) is 1. The first-order valence-electron chi connectivity index (χ1n) is 6.23. The Morgan fingerprint density at radius 1 is 1.35 bits per heavy atom. The standard InChI is InChI=1S/C14H19NO2/c1-11-4-5-12(6-7-14(16)17)10-13(11)15-8-2-3-9-15/h4-5,10H,2-3,6-9H2,1H3,(H,16,17). The Hall–Kier alpha value is -1.51. The maximum atomic E-state index is 10.6. The average molecular weight is 233 g/mol. The van der Waals surface area contributed by atoms with Gasteiger partial charge in [-0.15, -0.1) is 0 Å². The fraction of sp³-hybridized carbons (Fsp3) is 0.500. The minimum Gasteiger partial charge on any atom is -0.481 e. The van der Waals surface area contributed by atoms with Gasteiger partial charge in [-0.1, -0.05) is 12.1 Å². The largest absolute Gasteiger partial charge is 0.481 e. The molecule has 0 atom stereocenters. The average Bonchev–Trinajstić information content (AvgIpc) is 2.81. The Morgan fingerprint density at radius 2 is 2.06 bits per heavy atom. The van der Waals surface area contributed by atoms with Gasteiger partial charge in [0.15, 0.2) is 0 Å². The summed E-state index contributed by atoms with van der Waals surface area (Å²) in [6, 6.07) is 6.30. The van der Waals surface area contributed by atoms with Crippen LogP contribution in [0.3, 0.4) is 0 Å². The molecule has 17 heavy (non-hydrogen) atoms. The van der Waals surface area contributed by atoms with Gasteiger partial charge in [0.25, 0.3) is 0 Å². The number of carboxylic acids is 1. The number of aryl methyl sites for hydroxylation is 2. The van der Waals surface area contributed by atoms with Crippen molar-refractivity contribution in [2.75, 3.05) is 18.0 Å². The van der Waals surface area contributed by atoms with E-state index in [2.05, 4.69) is 24.0 Å². The van der Waals surface area contributed by atoms with E-state index in [4.69, 9.17) is 5.11 Å². The monoisotopic (exact) mass is 233 g/mol. The third-order valence-corrected chi connectivity index (χ3v) is 3.35. The van der Waals surface area contributed by atoms with Crippen LogP contribution in [-0.2, 0) is 11.2 Å². The molecule has 1 aliphatic heterocycles. The van der Waals surface area contributed by atoms with E-state index in [0.29, 0.717) is 6.42 Å². The molecular weight excluding hydrogens is 214 g/mol. The molecule has 1 saturated heterocycles. The van der Waals surface area contributed by atoms with E-state index in [1.807, 2.05) is 6.07 Å². The van der Waals surface area contributed by atoms with E-state index in [9.17, 15) is 4.79 Å². The number of benzene rings is 1. The number of carbonyl (C=O) groups is 1. The number of anilines is 1. The van der Waals surface area contributed by atoms with Gasteiger partial charge in [-0.3, -0.25) is 4.79 Å². The first-order valence-corrected chi connectivity index (χ1v) is 6.23. The molecule has 0 bridgehead atoms. The molecule has 1 aromatic rings. The number of aliphatic carboxylic acids is 1. The number of carboxylic acid groups (broad SMARTS) is 1. The lowest BCUT2D eigenvalue weighted by Crippen LogP contribution is -2.18. The molecule has 0 aromatic heterocycles. The fourth-order valence-corrected chi connectivity index (χ4v) is 2.36. The van der Waals surface area contributed by atoms with Crippen molar-refractivity contribution in [3.8, 4) is 0 Å². The van der Waals surface area contributed by atoms with Gasteiger partial charge in [0, 0.05) is 25.2 Å². The maximum Gasteiger partial charge on any atom is 0.303 e. The van der Waals surface area contributed by atoms with E-state index in [1.54, 1.807) is 0 Å². The summed E-state index contributed by atoms with van der Waals surface area (Å²) >= 11 is 0. The van der Waals surface area contributed by atoms with E-state index in [0.717, 1.165) is 18.7 Å². The van der Waals surface area contributed by atoms with Crippen LogP contribution in [-0.4, -0.2) is 24.2 Å². The van der Waals surface area contributed by atoms with Gasteiger partial charge in [0.1, 0.15) is 0 Å². The summed E-state index contributed by atoms with van der Waals surface area (Å²) in [5.41, 5.74) is 3.69. The molecule has 0 amide bonds. The van der Waals surface area contributed by atoms with Crippen LogP contribution in [0.4, 0.5) is 5.69 Å². The normalized spacial score (nSPS) is 15.2. The van der Waals surface area contributed by atoms with Crippen LogP contribution in [0.1, 0.15) is 30.4 Å². The quantitative estimate of drug-likeness (QED) is 0.869. The van der Waals surface area contributed by atoms with Crippen LogP contribution in [0.15, 0.2) is 18.2 Å². The summed E-state index contributed by atoms with van der Waals surface area (Å²) in [7, 11) is 0. The van der Waals surface area contributed by atoms with Gasteiger partial charge >= 0.3 is 5.97 Å². The molecule has 1 fully saturated rings. The summed E-state index contributed by atoms with van der Waals surface area (Å²) in [5.74, 6) is -0.728. The van der Waals surface area contributed by atoms with Crippen LogP contribution >= 0.6 is 0 Å². The third kappa shape index (κ3) is 2.99. The van der Waals surface area contributed by atoms with Crippen LogP contribution in [0.25, 0.3) is 0 Å². The topological polar surface area (TPSA) is 40.5 Å². The Balaban J connectivity index is 2.13. The third-order valence-electron chi connectivity index (χ3n) is 3.35. The summed E-state index contributed by atoms with van der Waals surface area (Å²) in [4.78, 5) is 13.0. The van der Waals surface area contributed by atoms with Gasteiger partial charge in [-0.25, -0.2) is 0 Å². The molecule has 2 rings (SSSR count). The Bertz CT molecular complexity index is 409. The number of rotatable bonds is 4. The fourth-order valence-electron chi connectivity index (χ4n) is 2.36. The highest BCUT2D eigenvalue weighted by Crippen LogP contribution is 2.25. The lowest BCUT2D eigenvalue weighted by atomic mass is 10.1. The summed E-state index contributed by atoms with van der Waals surface area (Å²) in [5, 5.41) is 8.70. The SMILES string of the molecule is Cc1ccc(CCC(=O)O)cc1N1CCCC1. The van der Waals surface area contributed by atoms with Gasteiger partial charge in [-0.05, 0) is 43.4 Å². The highest BCUT2D eigenvalue weighted by molar-refractivity contribution is 5.67. The molecule has 0 aliphatic carbocycles. The molecule has 3 heteroatoms. The number of nitrogens with zero attached hydrogens (tertiary/aromatic N) is 1. The molecule has 0 radical (unpaired) electrons. The predicted molar refractivity (Wildman–Crippen MR) is 68.6 cm³/mol. The van der Waals surface area contributed by atoms with Crippen molar-refractivity contribution in [2.45, 2.75) is 32.6 Å². The lowest BCUT2D eigenvalue weighted by molar-refractivity contribution is -0.136. The molecule has 3 nitrogen and oxygen atoms in total. The second-order valence-electron chi connectivity index (χ2n) is 4.71. The highest BCUT2D eigenvalue weighted by Gasteiger charge is 2.14. The Kier molecular flexibility index (Phi) is 3.67. The molecule has 1 N–H and O–H groups in total. The van der Waals surface area contributed by atoms with Gasteiger partial charge in [0.2, 0.25) is 0 Å². The van der Waals surface area contributed by atoms with E-state index < -0.39 is 5.97 Å². The molecule has 1 aromatic carbocycles. The van der Waals surface area contributed by atoms with Gasteiger partial charge in [0.05, 0.1) is 0 Å². The zero-order valence-corrected chi connectivity index (χ0v) is 10.3. The first-order chi connectivity index (χ1) is 8.16. The Morgan fingerprint density at radius 3 is 2.71 bits per heavy atom. The molecule has 0 unspecified atom stereocenters. The molecule has 0 spiro atoms. The Labute approximate surface area is 102 Å². The second kappa shape index (κ2) is 5.21. The first kappa shape index (κ1) is 12.0. The van der Waals surface area contributed by atoms with E-state index in [1.165, 1.54) is 24.1 Å². The second-order valence-corrected chi connectivity index (χ2v) is 4.71. The molecule has 0 saturated carbocycles. The van der Waals surface area contributed by atoms with Crippen LogP contribution in [0.2, 0.25) is 0 Å². The highest BCUT2D eigenvalue weighted by atomic mass is 16.4. The van der Waals surface area contributed by atoms with E-state index in [-0.39, 0.29) is 6.42 Å². The van der Waals surface area contributed by atoms with Crippen LogP contribution in [0, 0.1) is 6.92 Å². The predicted octanol–water partition coefficient (Wildman–Crippen LogP) is 2.61. The van der Waals surface area contributed by atoms with Crippen LogP contribution in [0.5, 0.6) is 0 Å². The summed E-state index contributed by atoms with van der Waals surface area (Å²) < 4.78 is 0. The lowest BCUT2D eigenvalue weighted by Gasteiger charge is -2.21. The van der Waals surface area contributed by atoms with Gasteiger partial charge in [-0.2, -0.15) is 0 Å². The smallest absolute Gasteiger partial charge is 0.303 e. The number of hydrogen-bond acceptors (Lipinski definition) is 2. The van der Waals surface area contributed by atoms with Crippen molar-refractivity contribution in [3.63, 3.8) is 0 Å². The van der Waals surface area contributed by atoms with Crippen molar-refractivity contribution < 1.29 is 9.90 Å². The van der Waals surface area contributed by atoms with Crippen molar-refractivity contribution in [2.24, 2.45) is 0 Å². The van der Waals surface area contributed by atoms with Crippen molar-refractivity contribution >= 4 is 11.7 Å². The summed E-state index contributed by atoms with van der Waals surface area (Å²) in [6.45, 7) is 4.38. The molecule has 92 valence electrons. The van der Waals surface area contributed by atoms with Crippen molar-refractivity contribution in [3.05, 3.63) is 29.3 Å². The maximum absolute atomic E-state index is 10.6.